The summed E-state index contributed by atoms with van der Waals surface area (Å²) in [5.74, 6) is 0.0533. The first-order valence-corrected chi connectivity index (χ1v) is 9.57. The zero-order valence-electron chi connectivity index (χ0n) is 12.8. The van der Waals surface area contributed by atoms with Gasteiger partial charge in [-0.2, -0.15) is 0 Å². The molecule has 1 fully saturated rings. The normalized spacial score (nSPS) is 16.2. The minimum atomic E-state index is 0.0533. The zero-order valence-corrected chi connectivity index (χ0v) is 14.4. The second kappa shape index (κ2) is 6.57. The van der Waals surface area contributed by atoms with Crippen LogP contribution in [0.2, 0.25) is 0 Å². The Kier molecular flexibility index (Phi) is 4.31. The average molecular weight is 345 g/mol. The van der Waals surface area contributed by atoms with E-state index in [1.54, 1.807) is 22.7 Å². The molecule has 3 heterocycles. The third kappa shape index (κ3) is 3.12. The number of rotatable bonds is 4. The highest BCUT2D eigenvalue weighted by Gasteiger charge is 2.15. The summed E-state index contributed by atoms with van der Waals surface area (Å²) in [6.07, 6.45) is 0. The number of thiophene rings is 2. The minimum absolute atomic E-state index is 0.0533. The highest BCUT2D eigenvalue weighted by atomic mass is 32.1. The number of carbonyl (C=O) groups excluding carboxylic acids is 1. The Morgan fingerprint density at radius 2 is 2.00 bits per heavy atom. The number of carbonyl (C=O) groups is 1. The Labute approximate surface area is 143 Å². The molecule has 0 bridgehead atoms. The third-order valence-electron chi connectivity index (χ3n) is 4.20. The molecule has 0 saturated carbocycles. The predicted molar refractivity (Wildman–Crippen MR) is 98.9 cm³/mol. The maximum Gasteiger partial charge on any atom is 0.261 e. The van der Waals surface area contributed by atoms with Crippen molar-refractivity contribution in [3.63, 3.8) is 0 Å². The van der Waals surface area contributed by atoms with Crippen molar-refractivity contribution < 1.29 is 4.79 Å². The predicted octanol–water partition coefficient (Wildman–Crippen LogP) is 2.75. The van der Waals surface area contributed by atoms with Gasteiger partial charge in [-0.1, -0.05) is 18.2 Å². The number of piperazine rings is 1. The molecule has 1 saturated heterocycles. The summed E-state index contributed by atoms with van der Waals surface area (Å²) in [7, 11) is 0. The van der Waals surface area contributed by atoms with E-state index < -0.39 is 0 Å². The summed E-state index contributed by atoms with van der Waals surface area (Å²) in [5, 5.41) is 7.66. The molecule has 1 aliphatic rings. The Bertz CT molecular complexity index is 833. The molecular formula is C17H19N3OS2. The first-order chi connectivity index (χ1) is 11.3. The molecule has 4 rings (SSSR count). The molecule has 0 unspecified atom stereocenters. The van der Waals surface area contributed by atoms with Crippen LogP contribution in [0.25, 0.3) is 19.5 Å². The maximum atomic E-state index is 12.4. The fourth-order valence-corrected chi connectivity index (χ4v) is 5.40. The van der Waals surface area contributed by atoms with Crippen LogP contribution in [0, 0.1) is 0 Å². The lowest BCUT2D eigenvalue weighted by Gasteiger charge is -2.26. The van der Waals surface area contributed by atoms with E-state index in [4.69, 9.17) is 0 Å². The van der Waals surface area contributed by atoms with Crippen LogP contribution in [0.4, 0.5) is 0 Å². The molecule has 23 heavy (non-hydrogen) atoms. The average Bonchev–Trinajstić information content (AvgIpc) is 3.13. The second-order valence-corrected chi connectivity index (χ2v) is 7.89. The van der Waals surface area contributed by atoms with Crippen molar-refractivity contribution in [2.24, 2.45) is 0 Å². The quantitative estimate of drug-likeness (QED) is 0.764. The molecule has 6 heteroatoms. The summed E-state index contributed by atoms with van der Waals surface area (Å²) in [6.45, 7) is 5.86. The Hall–Kier alpha value is -1.47. The van der Waals surface area contributed by atoms with Crippen LogP contribution >= 0.6 is 22.7 Å². The Morgan fingerprint density at radius 1 is 1.17 bits per heavy atom. The molecule has 3 aromatic rings. The number of nitrogens with zero attached hydrogens (tertiary/aromatic N) is 1. The number of benzene rings is 1. The van der Waals surface area contributed by atoms with Gasteiger partial charge >= 0.3 is 0 Å². The molecule has 1 amide bonds. The summed E-state index contributed by atoms with van der Waals surface area (Å²) >= 11 is 3.36. The van der Waals surface area contributed by atoms with Crippen LogP contribution in [0.1, 0.15) is 9.67 Å². The Morgan fingerprint density at radius 3 is 2.87 bits per heavy atom. The van der Waals surface area contributed by atoms with Crippen molar-refractivity contribution >= 4 is 48.1 Å². The number of nitrogens with one attached hydrogen (secondary N) is 2. The standard InChI is InChI=1S/C17H19N3OS2/c21-17(19-7-10-20-8-5-18-6-9-20)15-11-14-16(23-15)12-3-1-2-4-13(12)22-14/h1-4,11,18H,5-10H2,(H,19,21). The third-order valence-corrected chi connectivity index (χ3v) is 6.61. The summed E-state index contributed by atoms with van der Waals surface area (Å²) in [6, 6.07) is 10.4. The van der Waals surface area contributed by atoms with Gasteiger partial charge in [-0.3, -0.25) is 9.69 Å². The number of amides is 1. The van der Waals surface area contributed by atoms with E-state index in [2.05, 4.69) is 39.8 Å². The van der Waals surface area contributed by atoms with Crippen molar-refractivity contribution in [3.8, 4) is 0 Å². The van der Waals surface area contributed by atoms with Gasteiger partial charge < -0.3 is 10.6 Å². The zero-order chi connectivity index (χ0) is 15.6. The van der Waals surface area contributed by atoms with Gasteiger partial charge in [0.05, 0.1) is 9.58 Å². The number of hydrogen-bond donors (Lipinski definition) is 2. The summed E-state index contributed by atoms with van der Waals surface area (Å²) < 4.78 is 3.74. The second-order valence-electron chi connectivity index (χ2n) is 5.75. The number of hydrogen-bond acceptors (Lipinski definition) is 5. The molecule has 0 radical (unpaired) electrons. The first kappa shape index (κ1) is 15.1. The van der Waals surface area contributed by atoms with Crippen LogP contribution in [0.5, 0.6) is 0 Å². The minimum Gasteiger partial charge on any atom is -0.350 e. The lowest BCUT2D eigenvalue weighted by atomic mass is 10.2. The topological polar surface area (TPSA) is 44.4 Å². The highest BCUT2D eigenvalue weighted by molar-refractivity contribution is 7.33. The molecule has 2 N–H and O–H groups in total. The monoisotopic (exact) mass is 345 g/mol. The van der Waals surface area contributed by atoms with E-state index in [9.17, 15) is 4.79 Å². The van der Waals surface area contributed by atoms with Gasteiger partial charge in [-0.25, -0.2) is 0 Å². The van der Waals surface area contributed by atoms with Gasteiger partial charge in [0.25, 0.3) is 5.91 Å². The van der Waals surface area contributed by atoms with Crippen LogP contribution in [0.3, 0.4) is 0 Å². The van der Waals surface area contributed by atoms with E-state index in [1.165, 1.54) is 19.5 Å². The van der Waals surface area contributed by atoms with Crippen molar-refractivity contribution in [1.82, 2.24) is 15.5 Å². The molecule has 1 aliphatic heterocycles. The van der Waals surface area contributed by atoms with Crippen LogP contribution < -0.4 is 10.6 Å². The van der Waals surface area contributed by atoms with Crippen LogP contribution in [-0.2, 0) is 0 Å². The molecule has 0 atom stereocenters. The van der Waals surface area contributed by atoms with Crippen molar-refractivity contribution in [3.05, 3.63) is 35.2 Å². The van der Waals surface area contributed by atoms with E-state index in [1.807, 2.05) is 6.07 Å². The SMILES string of the molecule is O=C(NCCN1CCNCC1)c1cc2sc3ccccc3c2s1. The van der Waals surface area contributed by atoms with Crippen molar-refractivity contribution in [2.45, 2.75) is 0 Å². The summed E-state index contributed by atoms with van der Waals surface area (Å²) in [4.78, 5) is 15.6. The van der Waals surface area contributed by atoms with E-state index in [0.717, 1.165) is 37.6 Å². The lowest BCUT2D eigenvalue weighted by Crippen LogP contribution is -2.46. The molecule has 2 aromatic heterocycles. The lowest BCUT2D eigenvalue weighted by molar-refractivity contribution is 0.0951. The molecule has 120 valence electrons. The largest absolute Gasteiger partial charge is 0.350 e. The van der Waals surface area contributed by atoms with Crippen molar-refractivity contribution in [2.75, 3.05) is 39.3 Å². The fraction of sp³-hybridized carbons (Fsp3) is 0.353. The molecule has 0 aliphatic carbocycles. The first-order valence-electron chi connectivity index (χ1n) is 7.93. The van der Waals surface area contributed by atoms with Gasteiger partial charge in [0.1, 0.15) is 0 Å². The Balaban J connectivity index is 1.42. The highest BCUT2D eigenvalue weighted by Crippen LogP contribution is 2.39. The molecule has 0 spiro atoms. The molecular weight excluding hydrogens is 326 g/mol. The van der Waals surface area contributed by atoms with Gasteiger partial charge in [0.2, 0.25) is 0 Å². The van der Waals surface area contributed by atoms with Gasteiger partial charge in [0, 0.05) is 54.1 Å². The van der Waals surface area contributed by atoms with Crippen LogP contribution in [-0.4, -0.2) is 50.1 Å². The molecule has 4 nitrogen and oxygen atoms in total. The van der Waals surface area contributed by atoms with Crippen LogP contribution in [0.15, 0.2) is 30.3 Å². The van der Waals surface area contributed by atoms with E-state index in [-0.39, 0.29) is 5.91 Å². The fourth-order valence-electron chi connectivity index (χ4n) is 2.96. The van der Waals surface area contributed by atoms with Gasteiger partial charge in [0.15, 0.2) is 0 Å². The van der Waals surface area contributed by atoms with Gasteiger partial charge in [-0.15, -0.1) is 22.7 Å². The maximum absolute atomic E-state index is 12.4. The number of fused-ring (bicyclic) bond motifs is 3. The molecule has 1 aromatic carbocycles. The van der Waals surface area contributed by atoms with E-state index >= 15 is 0 Å². The van der Waals surface area contributed by atoms with Crippen molar-refractivity contribution in [1.29, 1.82) is 0 Å². The van der Waals surface area contributed by atoms with Gasteiger partial charge in [-0.05, 0) is 12.1 Å². The van der Waals surface area contributed by atoms with E-state index in [0.29, 0.717) is 6.54 Å². The smallest absolute Gasteiger partial charge is 0.261 e. The summed E-state index contributed by atoms with van der Waals surface area (Å²) in [5.41, 5.74) is 0.